The number of hydrogen-bond acceptors (Lipinski definition) is 4. The van der Waals surface area contributed by atoms with Crippen molar-refractivity contribution in [3.63, 3.8) is 0 Å². The molecule has 0 N–H and O–H groups in total. The lowest BCUT2D eigenvalue weighted by molar-refractivity contribution is 0.0424. The summed E-state index contributed by atoms with van der Waals surface area (Å²) in [5, 5.41) is 0. The first-order valence-electron chi connectivity index (χ1n) is 11.0. The van der Waals surface area contributed by atoms with Gasteiger partial charge in [-0.25, -0.2) is 4.79 Å². The summed E-state index contributed by atoms with van der Waals surface area (Å²) in [6, 6.07) is 29.8. The minimum Gasteiger partial charge on any atom is -0.445 e. The van der Waals surface area contributed by atoms with Crippen LogP contribution in [0.2, 0.25) is 0 Å². The van der Waals surface area contributed by atoms with Crippen molar-refractivity contribution in [3.8, 4) is 0 Å². The van der Waals surface area contributed by atoms with Crippen LogP contribution in [0.1, 0.15) is 23.1 Å². The van der Waals surface area contributed by atoms with E-state index in [1.807, 2.05) is 91.0 Å². The van der Waals surface area contributed by atoms with Crippen molar-refractivity contribution in [2.24, 2.45) is 0 Å². The number of carbonyl (C=O) groups excluding carboxylic acids is 1. The maximum Gasteiger partial charge on any atom is 0.410 e. The van der Waals surface area contributed by atoms with E-state index in [0.717, 1.165) is 23.1 Å². The molecule has 0 bridgehead atoms. The lowest BCUT2D eigenvalue weighted by Crippen LogP contribution is -2.39. The van der Waals surface area contributed by atoms with Crippen LogP contribution in [0, 0.1) is 0 Å². The van der Waals surface area contributed by atoms with Crippen molar-refractivity contribution < 1.29 is 19.0 Å². The molecule has 0 aromatic heterocycles. The molecule has 4 rings (SSSR count). The molecular weight excluding hydrogens is 402 g/mol. The summed E-state index contributed by atoms with van der Waals surface area (Å²) in [7, 11) is 0. The van der Waals surface area contributed by atoms with E-state index >= 15 is 0 Å². The molecule has 3 aromatic rings. The zero-order chi connectivity index (χ0) is 22.0. The first-order valence-corrected chi connectivity index (χ1v) is 11.0. The molecule has 1 saturated heterocycles. The highest BCUT2D eigenvalue weighted by Crippen LogP contribution is 2.23. The summed E-state index contributed by atoms with van der Waals surface area (Å²) < 4.78 is 17.7. The van der Waals surface area contributed by atoms with Crippen molar-refractivity contribution in [1.29, 1.82) is 0 Å². The van der Waals surface area contributed by atoms with E-state index in [0.29, 0.717) is 26.4 Å². The summed E-state index contributed by atoms with van der Waals surface area (Å²) in [6.45, 7) is 2.24. The molecule has 0 spiro atoms. The van der Waals surface area contributed by atoms with Crippen LogP contribution in [0.15, 0.2) is 91.0 Å². The number of ether oxygens (including phenoxy) is 3. The minimum atomic E-state index is -0.326. The molecule has 5 nitrogen and oxygen atoms in total. The Kier molecular flexibility index (Phi) is 7.90. The van der Waals surface area contributed by atoms with Gasteiger partial charge in [0.05, 0.1) is 38.5 Å². The third kappa shape index (κ3) is 6.42. The van der Waals surface area contributed by atoms with Crippen LogP contribution in [0.5, 0.6) is 0 Å². The molecule has 0 radical (unpaired) electrons. The maximum absolute atomic E-state index is 12.9. The smallest absolute Gasteiger partial charge is 0.410 e. The standard InChI is InChI=1S/C27H29NO4/c29-27(32-20-24-14-8-3-9-15-24)28-17-26(31-19-23-12-6-2-7-13-23)16-25(28)21-30-18-22-10-4-1-5-11-22/h1-15,25-26H,16-21H2. The maximum atomic E-state index is 12.9. The Morgan fingerprint density at radius 3 is 1.88 bits per heavy atom. The number of hydrogen-bond donors (Lipinski definition) is 0. The van der Waals surface area contributed by atoms with Crippen LogP contribution in [-0.4, -0.2) is 36.3 Å². The van der Waals surface area contributed by atoms with Gasteiger partial charge in [0.25, 0.3) is 0 Å². The van der Waals surface area contributed by atoms with Crippen LogP contribution in [0.4, 0.5) is 4.79 Å². The van der Waals surface area contributed by atoms with Gasteiger partial charge in [-0.3, -0.25) is 0 Å². The fourth-order valence-electron chi connectivity index (χ4n) is 3.85. The topological polar surface area (TPSA) is 48.0 Å². The van der Waals surface area contributed by atoms with Crippen LogP contribution in [0.25, 0.3) is 0 Å². The number of likely N-dealkylation sites (tertiary alicyclic amines) is 1. The molecule has 1 heterocycles. The van der Waals surface area contributed by atoms with Crippen LogP contribution < -0.4 is 0 Å². The van der Waals surface area contributed by atoms with E-state index in [1.54, 1.807) is 4.90 Å². The second-order valence-electron chi connectivity index (χ2n) is 8.00. The number of amides is 1. The molecule has 166 valence electrons. The van der Waals surface area contributed by atoms with Crippen molar-refractivity contribution in [2.45, 2.75) is 38.4 Å². The van der Waals surface area contributed by atoms with Crippen LogP contribution in [0.3, 0.4) is 0 Å². The van der Waals surface area contributed by atoms with Crippen molar-refractivity contribution in [2.75, 3.05) is 13.2 Å². The van der Waals surface area contributed by atoms with Crippen molar-refractivity contribution in [3.05, 3.63) is 108 Å². The van der Waals surface area contributed by atoms with Gasteiger partial charge in [0, 0.05) is 0 Å². The number of carbonyl (C=O) groups is 1. The quantitative estimate of drug-likeness (QED) is 0.467. The Morgan fingerprint density at radius 2 is 1.28 bits per heavy atom. The van der Waals surface area contributed by atoms with Crippen LogP contribution in [-0.2, 0) is 34.0 Å². The Labute approximate surface area is 189 Å². The fraction of sp³-hybridized carbons (Fsp3) is 0.296. The van der Waals surface area contributed by atoms with Crippen molar-refractivity contribution in [1.82, 2.24) is 4.90 Å². The summed E-state index contributed by atoms with van der Waals surface area (Å²) in [5.41, 5.74) is 3.20. The first kappa shape index (κ1) is 22.1. The molecule has 2 unspecified atom stereocenters. The SMILES string of the molecule is O=C(OCc1ccccc1)N1CC(OCc2ccccc2)CC1COCc1ccccc1. The van der Waals surface area contributed by atoms with Gasteiger partial charge >= 0.3 is 6.09 Å². The predicted octanol–water partition coefficient (Wildman–Crippen LogP) is 5.20. The highest BCUT2D eigenvalue weighted by molar-refractivity contribution is 5.68. The summed E-state index contributed by atoms with van der Waals surface area (Å²) in [6.07, 6.45) is 0.347. The van der Waals surface area contributed by atoms with Crippen LogP contribution >= 0.6 is 0 Å². The monoisotopic (exact) mass is 431 g/mol. The molecule has 5 heteroatoms. The van der Waals surface area contributed by atoms with Gasteiger partial charge in [0.1, 0.15) is 6.61 Å². The summed E-state index contributed by atoms with van der Waals surface area (Å²) in [5.74, 6) is 0. The number of rotatable bonds is 9. The number of nitrogens with zero attached hydrogens (tertiary/aromatic N) is 1. The summed E-state index contributed by atoms with van der Waals surface area (Å²) in [4.78, 5) is 14.6. The Hall–Kier alpha value is -3.15. The lowest BCUT2D eigenvalue weighted by Gasteiger charge is -2.23. The van der Waals surface area contributed by atoms with Gasteiger partial charge in [-0.05, 0) is 23.1 Å². The summed E-state index contributed by atoms with van der Waals surface area (Å²) >= 11 is 0. The molecule has 3 aromatic carbocycles. The third-order valence-corrected chi connectivity index (χ3v) is 5.57. The first-order chi connectivity index (χ1) is 15.8. The molecule has 2 atom stereocenters. The van der Waals surface area contributed by atoms with Gasteiger partial charge in [-0.2, -0.15) is 0 Å². The largest absolute Gasteiger partial charge is 0.445 e. The van der Waals surface area contributed by atoms with E-state index < -0.39 is 0 Å². The molecule has 1 amide bonds. The molecule has 1 aliphatic heterocycles. The minimum absolute atomic E-state index is 0.0511. The second-order valence-corrected chi connectivity index (χ2v) is 8.00. The average molecular weight is 432 g/mol. The van der Waals surface area contributed by atoms with Gasteiger partial charge < -0.3 is 19.1 Å². The zero-order valence-corrected chi connectivity index (χ0v) is 18.1. The Balaban J connectivity index is 1.34. The van der Waals surface area contributed by atoms with Gasteiger partial charge in [-0.15, -0.1) is 0 Å². The highest BCUT2D eigenvalue weighted by Gasteiger charge is 2.37. The van der Waals surface area contributed by atoms with Crippen molar-refractivity contribution >= 4 is 6.09 Å². The Bertz CT molecular complexity index is 949. The number of benzene rings is 3. The van der Waals surface area contributed by atoms with Gasteiger partial charge in [-0.1, -0.05) is 91.0 Å². The van der Waals surface area contributed by atoms with E-state index in [9.17, 15) is 4.79 Å². The van der Waals surface area contributed by atoms with E-state index in [4.69, 9.17) is 14.2 Å². The second kappa shape index (κ2) is 11.5. The van der Waals surface area contributed by atoms with E-state index in [-0.39, 0.29) is 24.8 Å². The van der Waals surface area contributed by atoms with E-state index in [1.165, 1.54) is 0 Å². The predicted molar refractivity (Wildman–Crippen MR) is 123 cm³/mol. The normalized spacial score (nSPS) is 17.9. The fourth-order valence-corrected chi connectivity index (χ4v) is 3.85. The lowest BCUT2D eigenvalue weighted by atomic mass is 10.2. The average Bonchev–Trinajstić information content (AvgIpc) is 3.26. The van der Waals surface area contributed by atoms with E-state index in [2.05, 4.69) is 0 Å². The molecule has 1 fully saturated rings. The Morgan fingerprint density at radius 1 is 0.750 bits per heavy atom. The van der Waals surface area contributed by atoms with Gasteiger partial charge in [0.2, 0.25) is 0 Å². The molecule has 1 aliphatic rings. The molecule has 32 heavy (non-hydrogen) atoms. The van der Waals surface area contributed by atoms with Gasteiger partial charge in [0.15, 0.2) is 0 Å². The molecular formula is C27H29NO4. The third-order valence-electron chi connectivity index (χ3n) is 5.57. The zero-order valence-electron chi connectivity index (χ0n) is 18.1. The molecule has 0 saturated carbocycles. The molecule has 0 aliphatic carbocycles. The highest BCUT2D eigenvalue weighted by atomic mass is 16.6.